The second kappa shape index (κ2) is 5.70. The summed E-state index contributed by atoms with van der Waals surface area (Å²) in [7, 11) is 0. The van der Waals surface area contributed by atoms with E-state index in [9.17, 15) is 0 Å². The molecule has 3 rings (SSSR count). The maximum atomic E-state index is 4.39. The van der Waals surface area contributed by atoms with Crippen LogP contribution in [0.3, 0.4) is 0 Å². The van der Waals surface area contributed by atoms with Crippen molar-refractivity contribution in [2.75, 3.05) is 13.1 Å². The molecule has 0 saturated heterocycles. The van der Waals surface area contributed by atoms with E-state index in [4.69, 9.17) is 0 Å². The van der Waals surface area contributed by atoms with Crippen LogP contribution in [0.25, 0.3) is 10.9 Å². The molecule has 1 fully saturated rings. The minimum atomic E-state index is 0.744. The fourth-order valence-electron chi connectivity index (χ4n) is 3.04. The Morgan fingerprint density at radius 1 is 1.26 bits per heavy atom. The number of hydrogen-bond acceptors (Lipinski definition) is 2. The summed E-state index contributed by atoms with van der Waals surface area (Å²) in [6.45, 7) is 4.54. The lowest BCUT2D eigenvalue weighted by Gasteiger charge is -2.37. The van der Waals surface area contributed by atoms with E-state index in [1.165, 1.54) is 36.8 Å². The summed E-state index contributed by atoms with van der Waals surface area (Å²) in [6, 6.07) is 11.0. The van der Waals surface area contributed by atoms with Crippen LogP contribution in [0.2, 0.25) is 0 Å². The van der Waals surface area contributed by atoms with Gasteiger partial charge in [0, 0.05) is 11.6 Å². The maximum Gasteiger partial charge on any atom is 0.0702 e. The van der Waals surface area contributed by atoms with Crippen LogP contribution >= 0.6 is 0 Å². The molecule has 0 bridgehead atoms. The van der Waals surface area contributed by atoms with Crippen molar-refractivity contribution >= 4 is 10.9 Å². The molecule has 1 aliphatic carbocycles. The van der Waals surface area contributed by atoms with Crippen molar-refractivity contribution in [2.24, 2.45) is 5.92 Å². The number of benzene rings is 1. The predicted molar refractivity (Wildman–Crippen MR) is 80.4 cm³/mol. The van der Waals surface area contributed by atoms with E-state index in [-0.39, 0.29) is 0 Å². The van der Waals surface area contributed by atoms with Gasteiger partial charge in [-0.1, -0.05) is 19.1 Å². The normalized spacial score (nSPS) is 22.4. The Morgan fingerprint density at radius 3 is 3.00 bits per heavy atom. The number of nitrogens with zero attached hydrogens (tertiary/aromatic N) is 1. The standard InChI is InChI=1S/C17H22N2/c1-2-9-18-12-15-5-7-16(15)13-6-8-17-14(11-13)4-3-10-19-17/h3-4,6,8,10-11,15-16,18H,2,5,7,9,12H2,1H3. The molecule has 1 aliphatic rings. The fourth-order valence-corrected chi connectivity index (χ4v) is 3.04. The van der Waals surface area contributed by atoms with E-state index < -0.39 is 0 Å². The predicted octanol–water partition coefficient (Wildman–Crippen LogP) is 3.73. The summed E-state index contributed by atoms with van der Waals surface area (Å²) in [5.41, 5.74) is 2.60. The zero-order chi connectivity index (χ0) is 13.1. The van der Waals surface area contributed by atoms with Gasteiger partial charge in [0.25, 0.3) is 0 Å². The Labute approximate surface area is 115 Å². The zero-order valence-corrected chi connectivity index (χ0v) is 11.6. The molecule has 2 unspecified atom stereocenters. The van der Waals surface area contributed by atoms with Crippen molar-refractivity contribution in [2.45, 2.75) is 32.1 Å². The summed E-state index contributed by atoms with van der Waals surface area (Å²) < 4.78 is 0. The second-order valence-electron chi connectivity index (χ2n) is 5.60. The molecule has 0 radical (unpaired) electrons. The lowest BCUT2D eigenvalue weighted by Crippen LogP contribution is -2.34. The smallest absolute Gasteiger partial charge is 0.0702 e. The van der Waals surface area contributed by atoms with Crippen LogP contribution in [0.4, 0.5) is 0 Å². The van der Waals surface area contributed by atoms with Gasteiger partial charge < -0.3 is 5.32 Å². The summed E-state index contributed by atoms with van der Waals surface area (Å²) in [5.74, 6) is 1.56. The molecule has 0 aliphatic heterocycles. The third-order valence-electron chi connectivity index (χ3n) is 4.31. The lowest BCUT2D eigenvalue weighted by atomic mass is 9.70. The molecule has 1 aromatic heterocycles. The van der Waals surface area contributed by atoms with Crippen molar-refractivity contribution < 1.29 is 0 Å². The first-order chi connectivity index (χ1) is 9.38. The van der Waals surface area contributed by atoms with Crippen LogP contribution in [0.15, 0.2) is 36.5 Å². The highest BCUT2D eigenvalue weighted by molar-refractivity contribution is 5.79. The van der Waals surface area contributed by atoms with Gasteiger partial charge in [-0.2, -0.15) is 0 Å². The first-order valence-electron chi connectivity index (χ1n) is 7.44. The molecule has 0 spiro atoms. The number of pyridine rings is 1. The lowest BCUT2D eigenvalue weighted by molar-refractivity contribution is 0.246. The van der Waals surface area contributed by atoms with Gasteiger partial charge in [0.05, 0.1) is 5.52 Å². The maximum absolute atomic E-state index is 4.39. The average Bonchev–Trinajstić information content (AvgIpc) is 2.42. The molecule has 100 valence electrons. The van der Waals surface area contributed by atoms with Gasteiger partial charge in [0.1, 0.15) is 0 Å². The van der Waals surface area contributed by atoms with E-state index in [1.54, 1.807) is 0 Å². The molecule has 1 saturated carbocycles. The molecule has 2 aromatic rings. The molecular formula is C17H22N2. The minimum Gasteiger partial charge on any atom is -0.316 e. The van der Waals surface area contributed by atoms with Crippen LogP contribution in [0, 0.1) is 5.92 Å². The van der Waals surface area contributed by atoms with Crippen LogP contribution in [-0.4, -0.2) is 18.1 Å². The average molecular weight is 254 g/mol. The number of aromatic nitrogens is 1. The minimum absolute atomic E-state index is 0.744. The Morgan fingerprint density at radius 2 is 2.21 bits per heavy atom. The second-order valence-corrected chi connectivity index (χ2v) is 5.60. The van der Waals surface area contributed by atoms with Crippen molar-refractivity contribution in [1.82, 2.24) is 10.3 Å². The number of nitrogens with one attached hydrogen (secondary N) is 1. The van der Waals surface area contributed by atoms with Crippen LogP contribution < -0.4 is 5.32 Å². The Hall–Kier alpha value is -1.41. The number of fused-ring (bicyclic) bond motifs is 1. The van der Waals surface area contributed by atoms with Gasteiger partial charge in [-0.15, -0.1) is 0 Å². The van der Waals surface area contributed by atoms with Crippen LogP contribution in [0.5, 0.6) is 0 Å². The van der Waals surface area contributed by atoms with Gasteiger partial charge in [-0.3, -0.25) is 4.98 Å². The van der Waals surface area contributed by atoms with Crippen molar-refractivity contribution in [1.29, 1.82) is 0 Å². The molecule has 2 atom stereocenters. The van der Waals surface area contributed by atoms with Gasteiger partial charge in [0.15, 0.2) is 0 Å². The van der Waals surface area contributed by atoms with Crippen molar-refractivity contribution in [3.05, 3.63) is 42.1 Å². The quantitative estimate of drug-likeness (QED) is 0.822. The largest absolute Gasteiger partial charge is 0.316 e. The molecule has 1 heterocycles. The highest BCUT2D eigenvalue weighted by atomic mass is 14.9. The summed E-state index contributed by atoms with van der Waals surface area (Å²) in [4.78, 5) is 4.39. The number of rotatable bonds is 5. The van der Waals surface area contributed by atoms with Crippen LogP contribution in [0.1, 0.15) is 37.7 Å². The van der Waals surface area contributed by atoms with Gasteiger partial charge in [0.2, 0.25) is 0 Å². The Kier molecular flexibility index (Phi) is 3.79. The fraction of sp³-hybridized carbons (Fsp3) is 0.471. The molecular weight excluding hydrogens is 232 g/mol. The topological polar surface area (TPSA) is 24.9 Å². The first-order valence-corrected chi connectivity index (χ1v) is 7.44. The third-order valence-corrected chi connectivity index (χ3v) is 4.31. The highest BCUT2D eigenvalue weighted by Crippen LogP contribution is 2.42. The highest BCUT2D eigenvalue weighted by Gasteiger charge is 2.31. The van der Waals surface area contributed by atoms with E-state index in [0.29, 0.717) is 0 Å². The first kappa shape index (κ1) is 12.6. The van der Waals surface area contributed by atoms with E-state index in [2.05, 4.69) is 41.5 Å². The molecule has 2 heteroatoms. The monoisotopic (exact) mass is 254 g/mol. The van der Waals surface area contributed by atoms with Crippen molar-refractivity contribution in [3.63, 3.8) is 0 Å². The summed E-state index contributed by atoms with van der Waals surface area (Å²) in [5, 5.41) is 4.83. The number of hydrogen-bond donors (Lipinski definition) is 1. The van der Waals surface area contributed by atoms with Gasteiger partial charge in [-0.05, 0) is 68.0 Å². The van der Waals surface area contributed by atoms with Crippen LogP contribution in [-0.2, 0) is 0 Å². The molecule has 1 N–H and O–H groups in total. The summed E-state index contributed by atoms with van der Waals surface area (Å²) >= 11 is 0. The third kappa shape index (κ3) is 2.64. The Balaban J connectivity index is 1.73. The molecule has 1 aromatic carbocycles. The van der Waals surface area contributed by atoms with E-state index in [0.717, 1.165) is 23.9 Å². The van der Waals surface area contributed by atoms with E-state index in [1.807, 2.05) is 12.3 Å². The SMILES string of the molecule is CCCNCC1CCC1c1ccc2ncccc2c1. The van der Waals surface area contributed by atoms with Gasteiger partial charge >= 0.3 is 0 Å². The molecule has 0 amide bonds. The Bertz CT molecular complexity index is 550. The zero-order valence-electron chi connectivity index (χ0n) is 11.6. The molecule has 2 nitrogen and oxygen atoms in total. The summed E-state index contributed by atoms with van der Waals surface area (Å²) in [6.07, 6.45) is 5.79. The van der Waals surface area contributed by atoms with E-state index >= 15 is 0 Å². The van der Waals surface area contributed by atoms with Crippen molar-refractivity contribution in [3.8, 4) is 0 Å². The molecule has 19 heavy (non-hydrogen) atoms. The van der Waals surface area contributed by atoms with Gasteiger partial charge in [-0.25, -0.2) is 0 Å².